The number of ether oxygens (including phenoxy) is 1. The first-order chi connectivity index (χ1) is 7.70. The number of rotatable bonds is 3. The second kappa shape index (κ2) is 4.96. The lowest BCUT2D eigenvalue weighted by Crippen LogP contribution is -2.24. The number of Topliss-reactive ketones (excluding diaryl/α,β-unsaturated/α-hetero) is 1. The molecule has 0 aliphatic heterocycles. The van der Waals surface area contributed by atoms with Crippen LogP contribution in [0.5, 0.6) is 0 Å². The SMILES string of the molecule is Cc1cc(C)c(C(=O)COC(C)(C)C)c(F)c1. The summed E-state index contributed by atoms with van der Waals surface area (Å²) in [5.41, 5.74) is 1.21. The maximum atomic E-state index is 13.7. The van der Waals surface area contributed by atoms with Gasteiger partial charge in [-0.05, 0) is 51.8 Å². The van der Waals surface area contributed by atoms with E-state index in [9.17, 15) is 9.18 Å². The van der Waals surface area contributed by atoms with Crippen molar-refractivity contribution in [3.63, 3.8) is 0 Å². The summed E-state index contributed by atoms with van der Waals surface area (Å²) in [5, 5.41) is 0. The van der Waals surface area contributed by atoms with Gasteiger partial charge in [-0.2, -0.15) is 0 Å². The van der Waals surface area contributed by atoms with Gasteiger partial charge in [-0.15, -0.1) is 0 Å². The molecular weight excluding hydrogens is 219 g/mol. The summed E-state index contributed by atoms with van der Waals surface area (Å²) >= 11 is 0. The molecular formula is C14H19FO2. The van der Waals surface area contributed by atoms with E-state index in [-0.39, 0.29) is 18.0 Å². The lowest BCUT2D eigenvalue weighted by molar-refractivity contribution is 0.00287. The predicted molar refractivity (Wildman–Crippen MR) is 65.9 cm³/mol. The highest BCUT2D eigenvalue weighted by Gasteiger charge is 2.18. The number of aryl methyl sites for hydroxylation is 2. The topological polar surface area (TPSA) is 26.3 Å². The van der Waals surface area contributed by atoms with E-state index in [1.165, 1.54) is 6.07 Å². The van der Waals surface area contributed by atoms with E-state index in [1.807, 2.05) is 20.8 Å². The van der Waals surface area contributed by atoms with E-state index in [0.29, 0.717) is 5.56 Å². The van der Waals surface area contributed by atoms with Crippen molar-refractivity contribution in [2.45, 2.75) is 40.2 Å². The molecule has 0 radical (unpaired) electrons. The first kappa shape index (κ1) is 13.8. The highest BCUT2D eigenvalue weighted by molar-refractivity contribution is 5.98. The molecule has 0 saturated heterocycles. The largest absolute Gasteiger partial charge is 0.368 e. The summed E-state index contributed by atoms with van der Waals surface area (Å²) in [5.74, 6) is -0.778. The van der Waals surface area contributed by atoms with Gasteiger partial charge in [0, 0.05) is 0 Å². The number of hydrogen-bond acceptors (Lipinski definition) is 2. The third kappa shape index (κ3) is 3.93. The quantitative estimate of drug-likeness (QED) is 0.754. The summed E-state index contributed by atoms with van der Waals surface area (Å²) in [6.45, 7) is 9.02. The van der Waals surface area contributed by atoms with Crippen molar-refractivity contribution >= 4 is 5.78 Å². The maximum absolute atomic E-state index is 13.7. The lowest BCUT2D eigenvalue weighted by Gasteiger charge is -2.19. The Bertz CT molecular complexity index is 407. The molecule has 0 unspecified atom stereocenters. The van der Waals surface area contributed by atoms with Crippen molar-refractivity contribution in [1.82, 2.24) is 0 Å². The van der Waals surface area contributed by atoms with E-state index in [1.54, 1.807) is 19.9 Å². The van der Waals surface area contributed by atoms with Gasteiger partial charge in [0.25, 0.3) is 0 Å². The molecule has 0 amide bonds. The van der Waals surface area contributed by atoms with Gasteiger partial charge < -0.3 is 4.74 Å². The van der Waals surface area contributed by atoms with Crippen molar-refractivity contribution in [2.24, 2.45) is 0 Å². The van der Waals surface area contributed by atoms with E-state index in [0.717, 1.165) is 5.56 Å². The first-order valence-electron chi connectivity index (χ1n) is 5.64. The maximum Gasteiger partial charge on any atom is 0.191 e. The normalized spacial score (nSPS) is 11.6. The van der Waals surface area contributed by atoms with Gasteiger partial charge in [0.1, 0.15) is 12.4 Å². The fourth-order valence-corrected chi connectivity index (χ4v) is 1.62. The average Bonchev–Trinajstić information content (AvgIpc) is 2.11. The van der Waals surface area contributed by atoms with Crippen LogP contribution < -0.4 is 0 Å². The number of halogens is 1. The highest BCUT2D eigenvalue weighted by atomic mass is 19.1. The molecule has 3 heteroatoms. The molecule has 0 bridgehead atoms. The molecule has 0 heterocycles. The van der Waals surface area contributed by atoms with Crippen LogP contribution in [0.1, 0.15) is 42.3 Å². The van der Waals surface area contributed by atoms with Crippen LogP contribution in [0, 0.1) is 19.7 Å². The molecule has 0 aliphatic rings. The predicted octanol–water partition coefficient (Wildman–Crippen LogP) is 3.44. The molecule has 0 spiro atoms. The lowest BCUT2D eigenvalue weighted by atomic mass is 10.0. The Morgan fingerprint density at radius 3 is 2.35 bits per heavy atom. The molecule has 94 valence electrons. The van der Waals surface area contributed by atoms with Crippen LogP contribution in [0.3, 0.4) is 0 Å². The Balaban J connectivity index is 2.90. The minimum atomic E-state index is -0.468. The van der Waals surface area contributed by atoms with Gasteiger partial charge >= 0.3 is 0 Å². The zero-order valence-electron chi connectivity index (χ0n) is 11.1. The van der Waals surface area contributed by atoms with E-state index in [4.69, 9.17) is 4.74 Å². The van der Waals surface area contributed by atoms with Gasteiger partial charge in [-0.1, -0.05) is 6.07 Å². The first-order valence-corrected chi connectivity index (χ1v) is 5.64. The molecule has 1 aromatic rings. The molecule has 0 N–H and O–H groups in total. The Hall–Kier alpha value is -1.22. The third-order valence-electron chi connectivity index (χ3n) is 2.35. The van der Waals surface area contributed by atoms with Crippen LogP contribution in [0.25, 0.3) is 0 Å². The molecule has 0 aromatic heterocycles. The van der Waals surface area contributed by atoms with Gasteiger partial charge in [-0.3, -0.25) is 4.79 Å². The average molecular weight is 238 g/mol. The fraction of sp³-hybridized carbons (Fsp3) is 0.500. The zero-order valence-corrected chi connectivity index (χ0v) is 11.1. The van der Waals surface area contributed by atoms with Crippen LogP contribution in [-0.2, 0) is 4.74 Å². The molecule has 2 nitrogen and oxygen atoms in total. The second-order valence-corrected chi connectivity index (χ2v) is 5.26. The number of carbonyl (C=O) groups excluding carboxylic acids is 1. The van der Waals surface area contributed by atoms with Crippen molar-refractivity contribution in [3.8, 4) is 0 Å². The second-order valence-electron chi connectivity index (χ2n) is 5.26. The number of benzene rings is 1. The van der Waals surface area contributed by atoms with Gasteiger partial charge in [0.05, 0.1) is 11.2 Å². The Morgan fingerprint density at radius 1 is 1.29 bits per heavy atom. The molecule has 1 aromatic carbocycles. The highest BCUT2D eigenvalue weighted by Crippen LogP contribution is 2.17. The third-order valence-corrected chi connectivity index (χ3v) is 2.35. The summed E-state index contributed by atoms with van der Waals surface area (Å²) in [7, 11) is 0. The number of ketones is 1. The van der Waals surface area contributed by atoms with Crippen molar-refractivity contribution < 1.29 is 13.9 Å². The minimum Gasteiger partial charge on any atom is -0.368 e. The minimum absolute atomic E-state index is 0.0929. The van der Waals surface area contributed by atoms with Gasteiger partial charge in [0.2, 0.25) is 0 Å². The Morgan fingerprint density at radius 2 is 1.88 bits per heavy atom. The standard InChI is InChI=1S/C14H19FO2/c1-9-6-10(2)13(11(15)7-9)12(16)8-17-14(3,4)5/h6-7H,8H2,1-5H3. The molecule has 0 aliphatic carbocycles. The number of carbonyl (C=O) groups is 1. The molecule has 0 saturated carbocycles. The Kier molecular flexibility index (Phi) is 4.04. The summed E-state index contributed by atoms with van der Waals surface area (Å²) < 4.78 is 19.1. The summed E-state index contributed by atoms with van der Waals surface area (Å²) in [6, 6.07) is 3.17. The van der Waals surface area contributed by atoms with Gasteiger partial charge in [0.15, 0.2) is 5.78 Å². The van der Waals surface area contributed by atoms with Crippen LogP contribution in [0.15, 0.2) is 12.1 Å². The summed E-state index contributed by atoms with van der Waals surface area (Å²) in [6.07, 6.45) is 0. The van der Waals surface area contributed by atoms with Crippen molar-refractivity contribution in [3.05, 3.63) is 34.6 Å². The van der Waals surface area contributed by atoms with E-state index >= 15 is 0 Å². The van der Waals surface area contributed by atoms with Gasteiger partial charge in [-0.25, -0.2) is 4.39 Å². The van der Waals surface area contributed by atoms with Crippen molar-refractivity contribution in [1.29, 1.82) is 0 Å². The number of hydrogen-bond donors (Lipinski definition) is 0. The fourth-order valence-electron chi connectivity index (χ4n) is 1.62. The Labute approximate surface area is 102 Å². The molecule has 17 heavy (non-hydrogen) atoms. The zero-order chi connectivity index (χ0) is 13.2. The van der Waals surface area contributed by atoms with Crippen LogP contribution in [-0.4, -0.2) is 18.0 Å². The molecule has 1 rings (SSSR count). The van der Waals surface area contributed by atoms with Crippen LogP contribution in [0.4, 0.5) is 4.39 Å². The summed E-state index contributed by atoms with van der Waals surface area (Å²) in [4.78, 5) is 11.9. The van der Waals surface area contributed by atoms with E-state index in [2.05, 4.69) is 0 Å². The van der Waals surface area contributed by atoms with E-state index < -0.39 is 11.4 Å². The van der Waals surface area contributed by atoms with Crippen LogP contribution in [0.2, 0.25) is 0 Å². The molecule has 0 atom stereocenters. The smallest absolute Gasteiger partial charge is 0.191 e. The van der Waals surface area contributed by atoms with Crippen molar-refractivity contribution in [2.75, 3.05) is 6.61 Å². The monoisotopic (exact) mass is 238 g/mol. The molecule has 0 fully saturated rings. The van der Waals surface area contributed by atoms with Crippen LogP contribution >= 0.6 is 0 Å².